The zero-order chi connectivity index (χ0) is 8.55. The molecule has 0 aliphatic rings. The Labute approximate surface area is 69.5 Å². The van der Waals surface area contributed by atoms with Crippen LogP contribution < -0.4 is 0 Å². The molecule has 0 fully saturated rings. The van der Waals surface area contributed by atoms with E-state index in [0.717, 1.165) is 12.1 Å². The van der Waals surface area contributed by atoms with Gasteiger partial charge >= 0.3 is 0 Å². The van der Waals surface area contributed by atoms with Gasteiger partial charge in [0.05, 0.1) is 18.1 Å². The van der Waals surface area contributed by atoms with Crippen molar-refractivity contribution in [1.82, 2.24) is 14.6 Å². The summed E-state index contributed by atoms with van der Waals surface area (Å²) in [6, 6.07) is 1.80. The van der Waals surface area contributed by atoms with E-state index in [1.165, 1.54) is 0 Å². The van der Waals surface area contributed by atoms with Gasteiger partial charge < -0.3 is 5.11 Å². The maximum absolute atomic E-state index is 9.40. The minimum Gasteiger partial charge on any atom is -0.504 e. The molecule has 0 amide bonds. The minimum absolute atomic E-state index is 0.203. The lowest BCUT2D eigenvalue weighted by molar-refractivity contribution is 0.460. The molecular weight excluding hydrogens is 154 g/mol. The van der Waals surface area contributed by atoms with Gasteiger partial charge in [0, 0.05) is 6.07 Å². The summed E-state index contributed by atoms with van der Waals surface area (Å²) in [5.41, 5.74) is 1.48. The monoisotopic (exact) mass is 163 g/mol. The van der Waals surface area contributed by atoms with Crippen LogP contribution in [-0.4, -0.2) is 19.7 Å². The molecule has 2 heterocycles. The van der Waals surface area contributed by atoms with Crippen molar-refractivity contribution in [3.63, 3.8) is 0 Å². The Balaban J connectivity index is 2.73. The molecule has 0 aliphatic heterocycles. The number of rotatable bonds is 1. The van der Waals surface area contributed by atoms with Crippen LogP contribution in [0.5, 0.6) is 5.75 Å². The molecule has 2 aromatic heterocycles. The van der Waals surface area contributed by atoms with Crippen LogP contribution in [0.25, 0.3) is 5.65 Å². The molecule has 0 aromatic carbocycles. The van der Waals surface area contributed by atoms with E-state index in [9.17, 15) is 5.11 Å². The first-order valence-corrected chi connectivity index (χ1v) is 3.83. The number of aryl methyl sites for hydroxylation is 1. The number of aromatic hydroxyl groups is 1. The third-order valence-electron chi connectivity index (χ3n) is 1.77. The Morgan fingerprint density at radius 3 is 3.17 bits per heavy atom. The van der Waals surface area contributed by atoms with Crippen LogP contribution in [0, 0.1) is 0 Å². The van der Waals surface area contributed by atoms with Crippen LogP contribution in [-0.2, 0) is 6.42 Å². The van der Waals surface area contributed by atoms with Gasteiger partial charge in [0.25, 0.3) is 0 Å². The van der Waals surface area contributed by atoms with E-state index >= 15 is 0 Å². The first kappa shape index (κ1) is 7.09. The van der Waals surface area contributed by atoms with E-state index in [0.29, 0.717) is 5.69 Å². The van der Waals surface area contributed by atoms with Crippen LogP contribution >= 0.6 is 0 Å². The van der Waals surface area contributed by atoms with Gasteiger partial charge in [-0.3, -0.25) is 0 Å². The Bertz CT molecular complexity index is 408. The van der Waals surface area contributed by atoms with Gasteiger partial charge in [-0.2, -0.15) is 5.10 Å². The SMILES string of the molecule is CCc1nc2ccnn2cc1O. The molecular formula is C8H9N3O. The highest BCUT2D eigenvalue weighted by Gasteiger charge is 2.02. The van der Waals surface area contributed by atoms with E-state index < -0.39 is 0 Å². The molecule has 0 saturated heterocycles. The maximum atomic E-state index is 9.40. The summed E-state index contributed by atoms with van der Waals surface area (Å²) in [4.78, 5) is 4.20. The van der Waals surface area contributed by atoms with Gasteiger partial charge in [-0.1, -0.05) is 6.92 Å². The molecule has 12 heavy (non-hydrogen) atoms. The first-order chi connectivity index (χ1) is 5.81. The average molecular weight is 163 g/mol. The molecule has 2 rings (SSSR count). The number of aromatic nitrogens is 3. The summed E-state index contributed by atoms with van der Waals surface area (Å²) in [6.07, 6.45) is 3.95. The maximum Gasteiger partial charge on any atom is 0.155 e. The van der Waals surface area contributed by atoms with Crippen LogP contribution in [0.2, 0.25) is 0 Å². The molecule has 0 bridgehead atoms. The van der Waals surface area contributed by atoms with Gasteiger partial charge in [-0.25, -0.2) is 9.50 Å². The Kier molecular flexibility index (Phi) is 1.46. The Hall–Kier alpha value is -1.58. The van der Waals surface area contributed by atoms with Crippen LogP contribution in [0.4, 0.5) is 0 Å². The molecule has 0 aliphatic carbocycles. The third kappa shape index (κ3) is 0.922. The lowest BCUT2D eigenvalue weighted by Crippen LogP contribution is -1.94. The fourth-order valence-electron chi connectivity index (χ4n) is 1.14. The summed E-state index contributed by atoms with van der Waals surface area (Å²) >= 11 is 0. The van der Waals surface area contributed by atoms with Gasteiger partial charge in [0.1, 0.15) is 0 Å². The smallest absolute Gasteiger partial charge is 0.155 e. The topological polar surface area (TPSA) is 50.4 Å². The fraction of sp³-hybridized carbons (Fsp3) is 0.250. The second kappa shape index (κ2) is 2.48. The standard InChI is InChI=1S/C8H9N3O/c1-2-6-7(12)5-11-8(10-6)3-4-9-11/h3-5,12H,2H2,1H3. The van der Waals surface area contributed by atoms with Crippen molar-refractivity contribution < 1.29 is 5.11 Å². The van der Waals surface area contributed by atoms with E-state index in [1.807, 2.05) is 6.92 Å². The fourth-order valence-corrected chi connectivity index (χ4v) is 1.14. The zero-order valence-electron chi connectivity index (χ0n) is 6.73. The molecule has 62 valence electrons. The van der Waals surface area contributed by atoms with Crippen molar-refractivity contribution >= 4 is 5.65 Å². The molecule has 1 N–H and O–H groups in total. The molecule has 0 spiro atoms. The molecule has 0 atom stereocenters. The van der Waals surface area contributed by atoms with Gasteiger partial charge in [-0.05, 0) is 6.42 Å². The number of hydrogen-bond acceptors (Lipinski definition) is 3. The summed E-state index contributed by atoms with van der Waals surface area (Å²) in [7, 11) is 0. The van der Waals surface area contributed by atoms with E-state index in [-0.39, 0.29) is 5.75 Å². The van der Waals surface area contributed by atoms with Crippen molar-refractivity contribution in [3.05, 3.63) is 24.2 Å². The summed E-state index contributed by atoms with van der Waals surface area (Å²) in [5, 5.41) is 13.4. The van der Waals surface area contributed by atoms with Crippen LogP contribution in [0.1, 0.15) is 12.6 Å². The van der Waals surface area contributed by atoms with Gasteiger partial charge in [0.15, 0.2) is 11.4 Å². The van der Waals surface area contributed by atoms with Crippen molar-refractivity contribution in [2.24, 2.45) is 0 Å². The molecule has 2 aromatic rings. The molecule has 0 radical (unpaired) electrons. The normalized spacial score (nSPS) is 10.8. The molecule has 4 heteroatoms. The molecule has 4 nitrogen and oxygen atoms in total. The highest BCUT2D eigenvalue weighted by molar-refractivity contribution is 5.40. The summed E-state index contributed by atoms with van der Waals surface area (Å²) in [6.45, 7) is 1.95. The Morgan fingerprint density at radius 2 is 2.42 bits per heavy atom. The van der Waals surface area contributed by atoms with Crippen LogP contribution in [0.15, 0.2) is 18.5 Å². The number of hydrogen-bond donors (Lipinski definition) is 1. The highest BCUT2D eigenvalue weighted by Crippen LogP contribution is 2.14. The van der Waals surface area contributed by atoms with E-state index in [1.54, 1.807) is 23.0 Å². The first-order valence-electron chi connectivity index (χ1n) is 3.83. The lowest BCUT2D eigenvalue weighted by atomic mass is 10.3. The molecule has 0 saturated carbocycles. The summed E-state index contributed by atoms with van der Waals surface area (Å²) < 4.78 is 1.55. The number of nitrogens with zero attached hydrogens (tertiary/aromatic N) is 3. The van der Waals surface area contributed by atoms with Crippen molar-refractivity contribution in [2.75, 3.05) is 0 Å². The number of fused-ring (bicyclic) bond motifs is 1. The second-order valence-corrected chi connectivity index (χ2v) is 2.56. The van der Waals surface area contributed by atoms with Gasteiger partial charge in [-0.15, -0.1) is 0 Å². The van der Waals surface area contributed by atoms with Crippen molar-refractivity contribution in [2.45, 2.75) is 13.3 Å². The second-order valence-electron chi connectivity index (χ2n) is 2.56. The predicted octanol–water partition coefficient (Wildman–Crippen LogP) is 0.997. The highest BCUT2D eigenvalue weighted by atomic mass is 16.3. The largest absolute Gasteiger partial charge is 0.504 e. The van der Waals surface area contributed by atoms with Crippen molar-refractivity contribution in [3.8, 4) is 5.75 Å². The third-order valence-corrected chi connectivity index (χ3v) is 1.77. The lowest BCUT2D eigenvalue weighted by Gasteiger charge is -2.00. The Morgan fingerprint density at radius 1 is 1.58 bits per heavy atom. The van der Waals surface area contributed by atoms with E-state index in [4.69, 9.17) is 0 Å². The van der Waals surface area contributed by atoms with Crippen molar-refractivity contribution in [1.29, 1.82) is 0 Å². The predicted molar refractivity (Wildman–Crippen MR) is 44.0 cm³/mol. The molecule has 0 unspecified atom stereocenters. The van der Waals surface area contributed by atoms with E-state index in [2.05, 4.69) is 10.1 Å². The van der Waals surface area contributed by atoms with Gasteiger partial charge in [0.2, 0.25) is 0 Å². The zero-order valence-corrected chi connectivity index (χ0v) is 6.73. The quantitative estimate of drug-likeness (QED) is 0.682. The minimum atomic E-state index is 0.203. The van der Waals surface area contributed by atoms with Crippen LogP contribution in [0.3, 0.4) is 0 Å². The summed E-state index contributed by atoms with van der Waals surface area (Å²) in [5.74, 6) is 0.203. The average Bonchev–Trinajstić information content (AvgIpc) is 2.49.